The largest absolute Gasteiger partial charge is 0.392 e. The van der Waals surface area contributed by atoms with Crippen molar-refractivity contribution in [2.24, 2.45) is 0 Å². The molecule has 122 valence electrons. The summed E-state index contributed by atoms with van der Waals surface area (Å²) in [4.78, 5) is 15.4. The number of aliphatic hydroxyl groups is 1. The van der Waals surface area contributed by atoms with Gasteiger partial charge in [-0.15, -0.1) is 11.8 Å². The summed E-state index contributed by atoms with van der Waals surface area (Å²) in [6.07, 6.45) is 0.335. The average Bonchev–Trinajstić information content (AvgIpc) is 2.44. The van der Waals surface area contributed by atoms with Crippen LogP contribution < -0.4 is 5.32 Å². The molecule has 2 rings (SSSR count). The molecule has 2 amide bonds. The first kappa shape index (κ1) is 17.4. The van der Waals surface area contributed by atoms with E-state index in [1.54, 1.807) is 23.6 Å². The molecule has 2 N–H and O–H groups in total. The summed E-state index contributed by atoms with van der Waals surface area (Å²) in [5.41, 5.74) is 1.08. The van der Waals surface area contributed by atoms with E-state index in [9.17, 15) is 9.90 Å². The quantitative estimate of drug-likeness (QED) is 0.877. The molecule has 0 aromatic heterocycles. The van der Waals surface area contributed by atoms with Gasteiger partial charge in [0.15, 0.2) is 0 Å². The van der Waals surface area contributed by atoms with Gasteiger partial charge in [-0.05, 0) is 51.0 Å². The van der Waals surface area contributed by atoms with E-state index in [0.717, 1.165) is 17.7 Å². The van der Waals surface area contributed by atoms with Gasteiger partial charge in [0, 0.05) is 28.3 Å². The van der Waals surface area contributed by atoms with E-state index >= 15 is 0 Å². The molecule has 1 aliphatic rings. The molecule has 0 spiro atoms. The Morgan fingerprint density at radius 3 is 2.86 bits per heavy atom. The zero-order chi connectivity index (χ0) is 16.3. The molecule has 0 aliphatic carbocycles. The average molecular weight is 343 g/mol. The van der Waals surface area contributed by atoms with Crippen molar-refractivity contribution in [1.82, 2.24) is 10.2 Å². The second-order valence-corrected chi connectivity index (χ2v) is 7.49. The van der Waals surface area contributed by atoms with Gasteiger partial charge in [0.25, 0.3) is 0 Å². The lowest BCUT2D eigenvalue weighted by molar-refractivity contribution is 0.117. The Morgan fingerprint density at radius 1 is 1.50 bits per heavy atom. The second-order valence-electron chi connectivity index (χ2n) is 5.92. The minimum atomic E-state index is -0.545. The Bertz CT molecular complexity index is 537. The number of rotatable bonds is 4. The number of thioether (sulfide) groups is 1. The molecule has 1 aromatic rings. The number of benzene rings is 1. The molecule has 4 nitrogen and oxygen atoms in total. The number of nitrogens with one attached hydrogen (secondary N) is 1. The topological polar surface area (TPSA) is 52.6 Å². The minimum Gasteiger partial charge on any atom is -0.392 e. The van der Waals surface area contributed by atoms with Crippen molar-refractivity contribution in [3.8, 4) is 0 Å². The minimum absolute atomic E-state index is 0.0299. The van der Waals surface area contributed by atoms with Crippen molar-refractivity contribution < 1.29 is 9.90 Å². The number of aliphatic hydroxyl groups excluding tert-OH is 1. The molecule has 2 atom stereocenters. The highest BCUT2D eigenvalue weighted by atomic mass is 35.5. The fraction of sp³-hybridized carbons (Fsp3) is 0.562. The van der Waals surface area contributed by atoms with Crippen LogP contribution >= 0.6 is 23.4 Å². The highest BCUT2D eigenvalue weighted by molar-refractivity contribution is 7.99. The SMILES string of the molecule is CC(O)CN(C(=O)NC1CCSc2ccc(Cl)cc21)C(C)C. The number of hydrogen-bond acceptors (Lipinski definition) is 3. The van der Waals surface area contributed by atoms with E-state index in [4.69, 9.17) is 11.6 Å². The summed E-state index contributed by atoms with van der Waals surface area (Å²) >= 11 is 7.88. The zero-order valence-electron chi connectivity index (χ0n) is 13.2. The first-order valence-corrected chi connectivity index (χ1v) is 8.92. The maximum absolute atomic E-state index is 12.5. The van der Waals surface area contributed by atoms with Crippen molar-refractivity contribution in [2.45, 2.75) is 50.3 Å². The molecular formula is C16H23ClN2O2S. The van der Waals surface area contributed by atoms with Gasteiger partial charge in [0.1, 0.15) is 0 Å². The highest BCUT2D eigenvalue weighted by Gasteiger charge is 2.26. The summed E-state index contributed by atoms with van der Waals surface area (Å²) in [6.45, 7) is 5.91. The third-order valence-electron chi connectivity index (χ3n) is 3.65. The zero-order valence-corrected chi connectivity index (χ0v) is 14.7. The van der Waals surface area contributed by atoms with Crippen LogP contribution in [0.4, 0.5) is 4.79 Å². The molecule has 6 heteroatoms. The third-order valence-corrected chi connectivity index (χ3v) is 5.01. The van der Waals surface area contributed by atoms with Gasteiger partial charge in [-0.25, -0.2) is 4.79 Å². The van der Waals surface area contributed by atoms with Gasteiger partial charge in [-0.3, -0.25) is 0 Å². The lowest BCUT2D eigenvalue weighted by Gasteiger charge is -2.32. The van der Waals surface area contributed by atoms with E-state index in [2.05, 4.69) is 5.32 Å². The Balaban J connectivity index is 2.14. The van der Waals surface area contributed by atoms with Crippen LogP contribution in [0.2, 0.25) is 5.02 Å². The number of hydrogen-bond donors (Lipinski definition) is 2. The number of carbonyl (C=O) groups is 1. The maximum atomic E-state index is 12.5. The number of nitrogens with zero attached hydrogens (tertiary/aromatic N) is 1. The Labute approximate surface area is 141 Å². The summed E-state index contributed by atoms with van der Waals surface area (Å²) in [6, 6.07) is 5.69. The molecule has 1 aliphatic heterocycles. The van der Waals surface area contributed by atoms with Gasteiger partial charge < -0.3 is 15.3 Å². The summed E-state index contributed by atoms with van der Waals surface area (Å²) in [7, 11) is 0. The van der Waals surface area contributed by atoms with Gasteiger partial charge in [-0.1, -0.05) is 11.6 Å². The molecule has 0 saturated carbocycles. The van der Waals surface area contributed by atoms with Crippen molar-refractivity contribution in [1.29, 1.82) is 0 Å². The van der Waals surface area contributed by atoms with E-state index in [1.165, 1.54) is 4.90 Å². The number of halogens is 1. The molecule has 0 fully saturated rings. The van der Waals surface area contributed by atoms with E-state index in [1.807, 2.05) is 32.0 Å². The number of fused-ring (bicyclic) bond motifs is 1. The van der Waals surface area contributed by atoms with Crippen LogP contribution in [0, 0.1) is 0 Å². The summed E-state index contributed by atoms with van der Waals surface area (Å²) in [5, 5.41) is 13.4. The summed E-state index contributed by atoms with van der Waals surface area (Å²) < 4.78 is 0. The molecule has 1 aromatic carbocycles. The highest BCUT2D eigenvalue weighted by Crippen LogP contribution is 2.37. The van der Waals surface area contributed by atoms with E-state index in [0.29, 0.717) is 11.6 Å². The Morgan fingerprint density at radius 2 is 2.23 bits per heavy atom. The van der Waals surface area contributed by atoms with Crippen LogP contribution in [-0.2, 0) is 0 Å². The molecular weight excluding hydrogens is 320 g/mol. The van der Waals surface area contributed by atoms with Crippen LogP contribution in [0.25, 0.3) is 0 Å². The lowest BCUT2D eigenvalue weighted by Crippen LogP contribution is -2.48. The van der Waals surface area contributed by atoms with Gasteiger partial charge in [-0.2, -0.15) is 0 Å². The van der Waals surface area contributed by atoms with Crippen molar-refractivity contribution in [3.63, 3.8) is 0 Å². The number of amides is 2. The van der Waals surface area contributed by atoms with Crippen molar-refractivity contribution >= 4 is 29.4 Å². The van der Waals surface area contributed by atoms with Crippen LogP contribution in [0.15, 0.2) is 23.1 Å². The molecule has 22 heavy (non-hydrogen) atoms. The van der Waals surface area contributed by atoms with E-state index < -0.39 is 6.10 Å². The molecule has 2 unspecified atom stereocenters. The first-order valence-electron chi connectivity index (χ1n) is 7.56. The normalized spacial score (nSPS) is 18.7. The van der Waals surface area contributed by atoms with Crippen LogP contribution in [-0.4, -0.2) is 40.5 Å². The maximum Gasteiger partial charge on any atom is 0.318 e. The van der Waals surface area contributed by atoms with Crippen LogP contribution in [0.5, 0.6) is 0 Å². The van der Waals surface area contributed by atoms with Crippen LogP contribution in [0.1, 0.15) is 38.8 Å². The first-order chi connectivity index (χ1) is 10.4. The van der Waals surface area contributed by atoms with Crippen molar-refractivity contribution in [3.05, 3.63) is 28.8 Å². The van der Waals surface area contributed by atoms with Gasteiger partial charge in [0.05, 0.1) is 12.1 Å². The van der Waals surface area contributed by atoms with Crippen molar-refractivity contribution in [2.75, 3.05) is 12.3 Å². The Hall–Kier alpha value is -0.910. The monoisotopic (exact) mass is 342 g/mol. The van der Waals surface area contributed by atoms with E-state index in [-0.39, 0.29) is 18.1 Å². The molecule has 1 heterocycles. The predicted molar refractivity (Wildman–Crippen MR) is 91.6 cm³/mol. The summed E-state index contributed by atoms with van der Waals surface area (Å²) in [5.74, 6) is 0.970. The van der Waals surface area contributed by atoms with Gasteiger partial charge in [0.2, 0.25) is 0 Å². The number of carbonyl (C=O) groups excluding carboxylic acids is 1. The lowest BCUT2D eigenvalue weighted by atomic mass is 10.0. The molecule has 0 saturated heterocycles. The number of urea groups is 1. The third kappa shape index (κ3) is 4.31. The Kier molecular flexibility index (Phi) is 6.01. The van der Waals surface area contributed by atoms with Gasteiger partial charge >= 0.3 is 6.03 Å². The predicted octanol–water partition coefficient (Wildman–Crippen LogP) is 3.68. The fourth-order valence-electron chi connectivity index (χ4n) is 2.56. The standard InChI is InChI=1S/C16H23ClN2O2S/c1-10(2)19(9-11(3)20)16(21)18-14-6-7-22-15-5-4-12(17)8-13(14)15/h4-5,8,10-11,14,20H,6-7,9H2,1-3H3,(H,18,21). The smallest absolute Gasteiger partial charge is 0.318 e. The fourth-order valence-corrected chi connectivity index (χ4v) is 3.85. The second kappa shape index (κ2) is 7.57. The van der Waals surface area contributed by atoms with Crippen LogP contribution in [0.3, 0.4) is 0 Å². The molecule has 0 bridgehead atoms. The molecule has 0 radical (unpaired) electrons.